The van der Waals surface area contributed by atoms with E-state index in [1.54, 1.807) is 6.07 Å². The summed E-state index contributed by atoms with van der Waals surface area (Å²) in [5.74, 6) is -1.45. The van der Waals surface area contributed by atoms with Crippen LogP contribution in [-0.2, 0) is 19.1 Å². The topological polar surface area (TPSA) is 105 Å². The molecule has 1 saturated heterocycles. The van der Waals surface area contributed by atoms with Crippen LogP contribution >= 0.6 is 23.2 Å². The van der Waals surface area contributed by atoms with Crippen LogP contribution in [-0.4, -0.2) is 46.9 Å². The third kappa shape index (κ3) is 5.61. The minimum atomic E-state index is -1.18. The first kappa shape index (κ1) is 25.3. The van der Waals surface area contributed by atoms with Crippen LogP contribution < -0.4 is 10.6 Å². The lowest BCUT2D eigenvalue weighted by molar-refractivity contribution is -0.155. The number of urea groups is 1. The van der Waals surface area contributed by atoms with Crippen molar-refractivity contribution in [3.05, 3.63) is 28.2 Å². The minimum absolute atomic E-state index is 0.128. The van der Waals surface area contributed by atoms with Gasteiger partial charge in [-0.1, -0.05) is 44.0 Å². The van der Waals surface area contributed by atoms with Crippen LogP contribution in [0.2, 0.25) is 10.0 Å². The van der Waals surface area contributed by atoms with Crippen molar-refractivity contribution in [3.8, 4) is 0 Å². The van der Waals surface area contributed by atoms with Gasteiger partial charge >= 0.3 is 12.0 Å². The second kappa shape index (κ2) is 9.50. The van der Waals surface area contributed by atoms with Crippen molar-refractivity contribution in [2.24, 2.45) is 11.3 Å². The van der Waals surface area contributed by atoms with E-state index in [0.717, 1.165) is 17.7 Å². The number of anilines is 1. The van der Waals surface area contributed by atoms with E-state index >= 15 is 0 Å². The minimum Gasteiger partial charge on any atom is -0.451 e. The standard InChI is InChI=1S/C23H29Cl2N3O5/c1-13(19(30)26-17-11-15(24)5-6-16(17)25)33-18(29)12-28-20(31)23(27-21(28)32)9-7-14(8-10-23)22(2,3)4/h5-6,11,13-14H,7-10,12H2,1-4H3,(H,26,30)(H,27,32). The fourth-order valence-corrected chi connectivity index (χ4v) is 4.72. The second-order valence-electron chi connectivity index (χ2n) is 9.79. The number of imide groups is 1. The number of benzene rings is 1. The van der Waals surface area contributed by atoms with Crippen LogP contribution in [0.5, 0.6) is 0 Å². The molecule has 3 rings (SSSR count). The molecule has 2 fully saturated rings. The van der Waals surface area contributed by atoms with Crippen molar-refractivity contribution >= 4 is 52.7 Å². The molecule has 33 heavy (non-hydrogen) atoms. The number of carbonyl (C=O) groups is 4. The maximum atomic E-state index is 13.0. The molecule has 2 N–H and O–H groups in total. The van der Waals surface area contributed by atoms with Gasteiger partial charge in [-0.25, -0.2) is 4.79 Å². The van der Waals surface area contributed by atoms with Crippen LogP contribution in [0.4, 0.5) is 10.5 Å². The highest BCUT2D eigenvalue weighted by Crippen LogP contribution is 2.43. The molecule has 1 aliphatic heterocycles. The van der Waals surface area contributed by atoms with Crippen molar-refractivity contribution < 1.29 is 23.9 Å². The molecule has 1 unspecified atom stereocenters. The Hall–Kier alpha value is -2.32. The molecule has 0 bridgehead atoms. The molecule has 0 radical (unpaired) electrons. The monoisotopic (exact) mass is 497 g/mol. The highest BCUT2D eigenvalue weighted by atomic mass is 35.5. The third-order valence-corrected chi connectivity index (χ3v) is 7.03. The summed E-state index contributed by atoms with van der Waals surface area (Å²) in [5.41, 5.74) is -0.562. The number of rotatable bonds is 5. The number of halogens is 2. The Bertz CT molecular complexity index is 967. The zero-order chi connectivity index (χ0) is 24.6. The summed E-state index contributed by atoms with van der Waals surface area (Å²) in [6.45, 7) is 7.33. The first-order chi connectivity index (χ1) is 15.3. The lowest BCUT2D eigenvalue weighted by Crippen LogP contribution is -2.50. The second-order valence-corrected chi connectivity index (χ2v) is 10.6. The molecule has 8 nitrogen and oxygen atoms in total. The van der Waals surface area contributed by atoms with Gasteiger partial charge in [0.25, 0.3) is 11.8 Å². The highest BCUT2D eigenvalue weighted by Gasteiger charge is 2.53. The molecular weight excluding hydrogens is 469 g/mol. The van der Waals surface area contributed by atoms with Crippen LogP contribution in [0.15, 0.2) is 18.2 Å². The van der Waals surface area contributed by atoms with Gasteiger partial charge in [0.1, 0.15) is 12.1 Å². The lowest BCUT2D eigenvalue weighted by atomic mass is 9.67. The summed E-state index contributed by atoms with van der Waals surface area (Å²) in [7, 11) is 0. The molecule has 1 aromatic rings. The number of nitrogens with one attached hydrogen (secondary N) is 2. The maximum Gasteiger partial charge on any atom is 0.327 e. The predicted octanol–water partition coefficient (Wildman–Crippen LogP) is 4.39. The van der Waals surface area contributed by atoms with Gasteiger partial charge in [0, 0.05) is 5.02 Å². The van der Waals surface area contributed by atoms with Crippen LogP contribution in [0.3, 0.4) is 0 Å². The molecule has 0 aromatic heterocycles. The summed E-state index contributed by atoms with van der Waals surface area (Å²) in [6, 6.07) is 3.95. The van der Waals surface area contributed by atoms with E-state index in [0.29, 0.717) is 23.8 Å². The average Bonchev–Trinajstić information content (AvgIpc) is 2.94. The molecule has 4 amide bonds. The summed E-state index contributed by atoms with van der Waals surface area (Å²) in [4.78, 5) is 51.2. The van der Waals surface area contributed by atoms with E-state index in [2.05, 4.69) is 31.4 Å². The molecule has 1 heterocycles. The molecule has 1 aliphatic carbocycles. The van der Waals surface area contributed by atoms with Crippen LogP contribution in [0.1, 0.15) is 53.4 Å². The molecule has 2 aliphatic rings. The fraction of sp³-hybridized carbons (Fsp3) is 0.565. The molecular formula is C23H29Cl2N3O5. The van der Waals surface area contributed by atoms with E-state index in [1.807, 2.05) is 0 Å². The van der Waals surface area contributed by atoms with Gasteiger partial charge in [0.05, 0.1) is 10.7 Å². The van der Waals surface area contributed by atoms with Crippen molar-refractivity contribution in [2.45, 2.75) is 65.0 Å². The first-order valence-electron chi connectivity index (χ1n) is 10.9. The average molecular weight is 498 g/mol. The largest absolute Gasteiger partial charge is 0.451 e. The van der Waals surface area contributed by atoms with Crippen molar-refractivity contribution in [3.63, 3.8) is 0 Å². The van der Waals surface area contributed by atoms with E-state index in [4.69, 9.17) is 27.9 Å². The van der Waals surface area contributed by atoms with E-state index in [-0.39, 0.29) is 16.1 Å². The summed E-state index contributed by atoms with van der Waals surface area (Å²) < 4.78 is 5.15. The van der Waals surface area contributed by atoms with Crippen LogP contribution in [0, 0.1) is 11.3 Å². The number of carbonyl (C=O) groups excluding carboxylic acids is 4. The number of hydrogen-bond donors (Lipinski definition) is 2. The molecule has 10 heteroatoms. The van der Waals surface area contributed by atoms with E-state index in [1.165, 1.54) is 19.1 Å². The van der Waals surface area contributed by atoms with Gasteiger partial charge < -0.3 is 15.4 Å². The molecule has 1 spiro atoms. The molecule has 1 saturated carbocycles. The molecule has 1 aromatic carbocycles. The number of hydrogen-bond acceptors (Lipinski definition) is 5. The zero-order valence-electron chi connectivity index (χ0n) is 19.2. The Labute approximate surface area is 203 Å². The highest BCUT2D eigenvalue weighted by molar-refractivity contribution is 6.35. The molecule has 180 valence electrons. The summed E-state index contributed by atoms with van der Waals surface area (Å²) in [6.07, 6.45) is 1.52. The predicted molar refractivity (Wildman–Crippen MR) is 125 cm³/mol. The van der Waals surface area contributed by atoms with Gasteiger partial charge in [-0.3, -0.25) is 19.3 Å². The summed E-state index contributed by atoms with van der Waals surface area (Å²) in [5, 5.41) is 5.98. The van der Waals surface area contributed by atoms with E-state index < -0.39 is 42.0 Å². The van der Waals surface area contributed by atoms with Crippen molar-refractivity contribution in [2.75, 3.05) is 11.9 Å². The van der Waals surface area contributed by atoms with Crippen molar-refractivity contribution in [1.82, 2.24) is 10.2 Å². The zero-order valence-corrected chi connectivity index (χ0v) is 20.7. The van der Waals surface area contributed by atoms with E-state index in [9.17, 15) is 19.2 Å². The number of ether oxygens (including phenoxy) is 1. The Balaban J connectivity index is 1.56. The van der Waals surface area contributed by atoms with Gasteiger partial charge in [0.15, 0.2) is 6.10 Å². The number of esters is 1. The maximum absolute atomic E-state index is 13.0. The van der Waals surface area contributed by atoms with Crippen molar-refractivity contribution in [1.29, 1.82) is 0 Å². The third-order valence-electron chi connectivity index (χ3n) is 6.46. The SMILES string of the molecule is CC(OC(=O)CN1C(=O)NC2(CCC(C(C)(C)C)CC2)C1=O)C(=O)Nc1cc(Cl)ccc1Cl. The van der Waals surface area contributed by atoms with Gasteiger partial charge in [-0.15, -0.1) is 0 Å². The molecule has 1 atom stereocenters. The Morgan fingerprint density at radius 1 is 1.24 bits per heavy atom. The lowest BCUT2D eigenvalue weighted by Gasteiger charge is -2.40. The fourth-order valence-electron chi connectivity index (χ4n) is 4.38. The quantitative estimate of drug-likeness (QED) is 0.463. The van der Waals surface area contributed by atoms with Crippen LogP contribution in [0.25, 0.3) is 0 Å². The first-order valence-corrected chi connectivity index (χ1v) is 11.7. The smallest absolute Gasteiger partial charge is 0.327 e. The summed E-state index contributed by atoms with van der Waals surface area (Å²) >= 11 is 11.9. The number of amides is 4. The van der Waals surface area contributed by atoms with Gasteiger partial charge in [0.2, 0.25) is 0 Å². The van der Waals surface area contributed by atoms with Gasteiger partial charge in [-0.05, 0) is 62.1 Å². The number of nitrogens with zero attached hydrogens (tertiary/aromatic N) is 1. The normalized spacial score (nSPS) is 23.9. The van der Waals surface area contributed by atoms with Gasteiger partial charge in [-0.2, -0.15) is 0 Å². The Kier molecular flexibility index (Phi) is 7.29. The Morgan fingerprint density at radius 2 is 1.88 bits per heavy atom. The Morgan fingerprint density at radius 3 is 2.48 bits per heavy atom.